The molecule has 0 aromatic carbocycles. The quantitative estimate of drug-likeness (QED) is 0.345. The van der Waals surface area contributed by atoms with Crippen molar-refractivity contribution in [2.75, 3.05) is 19.8 Å². The molecule has 0 saturated heterocycles. The molecule has 23 heavy (non-hydrogen) atoms. The SMILES string of the molecule is CC(C)COC(=O)CCC(=O)OCC(C)C.CC(C)CON=O. The third kappa shape index (κ3) is 22.8. The first-order valence-corrected chi connectivity index (χ1v) is 7.94. The van der Waals surface area contributed by atoms with Crippen molar-refractivity contribution in [1.82, 2.24) is 0 Å². The minimum Gasteiger partial charge on any atom is -0.465 e. The Morgan fingerprint density at radius 1 is 0.739 bits per heavy atom. The number of nitrogens with zero attached hydrogens (tertiary/aromatic N) is 1. The average Bonchev–Trinajstić information content (AvgIpc) is 2.47. The van der Waals surface area contributed by atoms with Crippen LogP contribution in [0.2, 0.25) is 0 Å². The monoisotopic (exact) mass is 333 g/mol. The molecule has 0 unspecified atom stereocenters. The van der Waals surface area contributed by atoms with Crippen LogP contribution >= 0.6 is 0 Å². The highest BCUT2D eigenvalue weighted by Crippen LogP contribution is 2.01. The normalized spacial score (nSPS) is 10.1. The fourth-order valence-corrected chi connectivity index (χ4v) is 1.05. The molecule has 0 aromatic rings. The first-order valence-electron chi connectivity index (χ1n) is 7.94. The van der Waals surface area contributed by atoms with E-state index >= 15 is 0 Å². The lowest BCUT2D eigenvalue weighted by Gasteiger charge is -2.08. The van der Waals surface area contributed by atoms with Gasteiger partial charge < -0.3 is 14.3 Å². The molecular weight excluding hydrogens is 302 g/mol. The van der Waals surface area contributed by atoms with E-state index in [9.17, 15) is 14.5 Å². The van der Waals surface area contributed by atoms with Crippen LogP contribution in [0.3, 0.4) is 0 Å². The van der Waals surface area contributed by atoms with Gasteiger partial charge in [-0.05, 0) is 17.8 Å². The average molecular weight is 333 g/mol. The van der Waals surface area contributed by atoms with Gasteiger partial charge in [0.15, 0.2) is 5.34 Å². The van der Waals surface area contributed by atoms with Gasteiger partial charge in [0, 0.05) is 0 Å². The molecule has 7 nitrogen and oxygen atoms in total. The molecule has 0 saturated carbocycles. The predicted octanol–water partition coefficient (Wildman–Crippen LogP) is 3.51. The third-order valence-electron chi connectivity index (χ3n) is 2.15. The second-order valence-electron chi connectivity index (χ2n) is 6.42. The molecule has 0 aliphatic carbocycles. The van der Waals surface area contributed by atoms with Gasteiger partial charge in [0.2, 0.25) is 0 Å². The molecule has 0 aliphatic heterocycles. The van der Waals surface area contributed by atoms with E-state index in [-0.39, 0.29) is 24.8 Å². The van der Waals surface area contributed by atoms with Crippen molar-refractivity contribution >= 4 is 11.9 Å². The Hall–Kier alpha value is -1.66. The molecule has 0 N–H and O–H groups in total. The van der Waals surface area contributed by atoms with E-state index in [1.807, 2.05) is 41.5 Å². The van der Waals surface area contributed by atoms with Crippen LogP contribution in [0.5, 0.6) is 0 Å². The van der Waals surface area contributed by atoms with Crippen molar-refractivity contribution in [2.45, 2.75) is 54.4 Å². The molecule has 7 heteroatoms. The van der Waals surface area contributed by atoms with Gasteiger partial charge in [-0.15, -0.1) is 4.91 Å². The molecule has 0 aromatic heterocycles. The van der Waals surface area contributed by atoms with Crippen molar-refractivity contribution in [2.24, 2.45) is 23.1 Å². The first kappa shape index (κ1) is 23.6. The molecule has 136 valence electrons. The lowest BCUT2D eigenvalue weighted by atomic mass is 10.2. The summed E-state index contributed by atoms with van der Waals surface area (Å²) < 4.78 is 9.87. The Kier molecular flexibility index (Phi) is 15.6. The van der Waals surface area contributed by atoms with Crippen LogP contribution < -0.4 is 0 Å². The van der Waals surface area contributed by atoms with E-state index < -0.39 is 0 Å². The fraction of sp³-hybridized carbons (Fsp3) is 0.875. The molecule has 0 heterocycles. The van der Waals surface area contributed by atoms with E-state index in [0.29, 0.717) is 37.6 Å². The van der Waals surface area contributed by atoms with Gasteiger partial charge in [-0.2, -0.15) is 0 Å². The topological polar surface area (TPSA) is 91.3 Å². The number of rotatable bonds is 10. The fourth-order valence-electron chi connectivity index (χ4n) is 1.05. The lowest BCUT2D eigenvalue weighted by Crippen LogP contribution is -2.14. The van der Waals surface area contributed by atoms with Gasteiger partial charge >= 0.3 is 11.9 Å². The van der Waals surface area contributed by atoms with Gasteiger partial charge in [0.1, 0.15) is 6.61 Å². The second kappa shape index (κ2) is 15.2. The van der Waals surface area contributed by atoms with Crippen molar-refractivity contribution in [3.63, 3.8) is 0 Å². The highest BCUT2D eigenvalue weighted by molar-refractivity contribution is 5.77. The molecular formula is C16H31NO6. The Morgan fingerprint density at radius 3 is 1.30 bits per heavy atom. The Bertz CT molecular complexity index is 305. The molecule has 0 spiro atoms. The third-order valence-corrected chi connectivity index (χ3v) is 2.15. The summed E-state index contributed by atoms with van der Waals surface area (Å²) in [6, 6.07) is 0. The van der Waals surface area contributed by atoms with Gasteiger partial charge in [0.25, 0.3) is 0 Å². The zero-order valence-corrected chi connectivity index (χ0v) is 15.2. The largest absolute Gasteiger partial charge is 0.465 e. The van der Waals surface area contributed by atoms with E-state index in [1.54, 1.807) is 0 Å². The van der Waals surface area contributed by atoms with Crippen LogP contribution in [-0.4, -0.2) is 31.8 Å². The number of hydrogen-bond acceptors (Lipinski definition) is 7. The molecule has 0 aliphatic rings. The van der Waals surface area contributed by atoms with E-state index in [0.717, 1.165) is 0 Å². The van der Waals surface area contributed by atoms with E-state index in [2.05, 4.69) is 10.2 Å². The summed E-state index contributed by atoms with van der Waals surface area (Å²) in [6.45, 7) is 13.0. The van der Waals surface area contributed by atoms with Crippen molar-refractivity contribution in [3.8, 4) is 0 Å². The van der Waals surface area contributed by atoms with Gasteiger partial charge in [-0.1, -0.05) is 41.5 Å². The molecule has 0 bridgehead atoms. The van der Waals surface area contributed by atoms with Gasteiger partial charge in [-0.3, -0.25) is 9.59 Å². The van der Waals surface area contributed by atoms with E-state index in [1.165, 1.54) is 0 Å². The van der Waals surface area contributed by atoms with E-state index in [4.69, 9.17) is 9.47 Å². The highest BCUT2D eigenvalue weighted by atomic mass is 16.7. The van der Waals surface area contributed by atoms with Gasteiger partial charge in [-0.25, -0.2) is 0 Å². The molecule has 0 fully saturated rings. The Labute approximate surface area is 139 Å². The summed E-state index contributed by atoms with van der Waals surface area (Å²) in [5.74, 6) is 0.344. The maximum absolute atomic E-state index is 11.2. The van der Waals surface area contributed by atoms with Crippen LogP contribution in [0.15, 0.2) is 5.34 Å². The van der Waals surface area contributed by atoms with Crippen LogP contribution in [-0.2, 0) is 23.9 Å². The summed E-state index contributed by atoms with van der Waals surface area (Å²) in [7, 11) is 0. The predicted molar refractivity (Wildman–Crippen MR) is 87.4 cm³/mol. The molecule has 0 amide bonds. The van der Waals surface area contributed by atoms with Crippen LogP contribution in [0, 0.1) is 22.7 Å². The van der Waals surface area contributed by atoms with Crippen molar-refractivity contribution in [1.29, 1.82) is 0 Å². The smallest absolute Gasteiger partial charge is 0.306 e. The number of carbonyl (C=O) groups is 2. The zero-order valence-electron chi connectivity index (χ0n) is 15.2. The Morgan fingerprint density at radius 2 is 1.09 bits per heavy atom. The summed E-state index contributed by atoms with van der Waals surface area (Å²) >= 11 is 0. The molecule has 0 radical (unpaired) electrons. The summed E-state index contributed by atoms with van der Waals surface area (Å²) in [5, 5.41) is 2.23. The molecule has 0 rings (SSSR count). The second-order valence-corrected chi connectivity index (χ2v) is 6.42. The lowest BCUT2D eigenvalue weighted by molar-refractivity contribution is -0.151. The number of hydrogen-bond donors (Lipinski definition) is 0. The zero-order chi connectivity index (χ0) is 18.3. The number of carbonyl (C=O) groups excluding carboxylic acids is 2. The summed E-state index contributed by atoms with van der Waals surface area (Å²) in [6.07, 6.45) is 0.202. The maximum atomic E-state index is 11.2. The first-order chi connectivity index (χ1) is 10.7. The minimum absolute atomic E-state index is 0.101. The van der Waals surface area contributed by atoms with Crippen molar-refractivity contribution < 1.29 is 23.9 Å². The maximum Gasteiger partial charge on any atom is 0.306 e. The van der Waals surface area contributed by atoms with Crippen LogP contribution in [0.4, 0.5) is 0 Å². The minimum atomic E-state index is -0.338. The van der Waals surface area contributed by atoms with Crippen LogP contribution in [0.25, 0.3) is 0 Å². The number of esters is 2. The Balaban J connectivity index is 0. The summed E-state index contributed by atoms with van der Waals surface area (Å²) in [5.41, 5.74) is 0. The highest BCUT2D eigenvalue weighted by Gasteiger charge is 2.10. The van der Waals surface area contributed by atoms with Crippen LogP contribution in [0.1, 0.15) is 54.4 Å². The standard InChI is InChI=1S/C12H22O4.C4H9NO2/c1-9(2)7-15-11(13)5-6-12(14)16-8-10(3)4;1-4(2)3-7-5-6/h9-10H,5-8H2,1-4H3;4H,3H2,1-2H3. The summed E-state index contributed by atoms with van der Waals surface area (Å²) in [4.78, 5) is 35.7. The van der Waals surface area contributed by atoms with Gasteiger partial charge in [0.05, 0.1) is 26.1 Å². The van der Waals surface area contributed by atoms with Crippen molar-refractivity contribution in [3.05, 3.63) is 4.91 Å². The molecule has 0 atom stereocenters. The number of ether oxygens (including phenoxy) is 2.